The third-order valence-electron chi connectivity index (χ3n) is 3.02. The predicted molar refractivity (Wildman–Crippen MR) is 73.7 cm³/mol. The van der Waals surface area contributed by atoms with E-state index in [1.54, 1.807) is 14.2 Å². The van der Waals surface area contributed by atoms with Crippen molar-refractivity contribution in [2.75, 3.05) is 20.8 Å². The molecule has 0 amide bonds. The number of carbonyl (C=O) groups excluding carboxylic acids is 1. The number of para-hydroxylation sites is 1. The molecule has 4 heteroatoms. The average Bonchev–Trinajstić information content (AvgIpc) is 2.44. The van der Waals surface area contributed by atoms with E-state index in [1.807, 2.05) is 32.0 Å². The fourth-order valence-corrected chi connectivity index (χ4v) is 1.92. The van der Waals surface area contributed by atoms with Gasteiger partial charge in [0, 0.05) is 0 Å². The number of carbonyl (C=O) groups is 1. The Morgan fingerprint density at radius 2 is 2.00 bits per heavy atom. The van der Waals surface area contributed by atoms with E-state index in [1.165, 1.54) is 0 Å². The first-order valence-electron chi connectivity index (χ1n) is 6.50. The highest BCUT2D eigenvalue weighted by Crippen LogP contribution is 2.31. The van der Waals surface area contributed by atoms with Gasteiger partial charge < -0.3 is 14.2 Å². The van der Waals surface area contributed by atoms with Crippen molar-refractivity contribution < 1.29 is 19.0 Å². The highest BCUT2D eigenvalue weighted by molar-refractivity contribution is 5.71. The van der Waals surface area contributed by atoms with Crippen LogP contribution in [0.1, 0.15) is 25.8 Å². The van der Waals surface area contributed by atoms with E-state index in [0.29, 0.717) is 12.4 Å². The molecule has 0 saturated carbocycles. The summed E-state index contributed by atoms with van der Waals surface area (Å²) >= 11 is 0. The summed E-state index contributed by atoms with van der Waals surface area (Å²) in [6.45, 7) is 4.12. The Morgan fingerprint density at radius 1 is 1.26 bits per heavy atom. The first-order valence-corrected chi connectivity index (χ1v) is 6.50. The molecule has 0 aromatic heterocycles. The quantitative estimate of drug-likeness (QED) is 0.712. The van der Waals surface area contributed by atoms with Crippen molar-refractivity contribution in [3.63, 3.8) is 0 Å². The zero-order valence-corrected chi connectivity index (χ0v) is 12.1. The van der Waals surface area contributed by atoms with Gasteiger partial charge in [-0.3, -0.25) is 4.79 Å². The molecular weight excluding hydrogens is 244 g/mol. The first-order chi connectivity index (χ1) is 9.13. The van der Waals surface area contributed by atoms with Crippen molar-refractivity contribution in [3.05, 3.63) is 23.8 Å². The largest absolute Gasteiger partial charge is 0.493 e. The maximum atomic E-state index is 11.6. The zero-order valence-electron chi connectivity index (χ0n) is 12.1. The zero-order chi connectivity index (χ0) is 14.3. The van der Waals surface area contributed by atoms with Gasteiger partial charge in [-0.2, -0.15) is 0 Å². The van der Waals surface area contributed by atoms with Gasteiger partial charge in [0.2, 0.25) is 0 Å². The van der Waals surface area contributed by atoms with Crippen molar-refractivity contribution in [1.82, 2.24) is 0 Å². The molecule has 0 bridgehead atoms. The Balaban J connectivity index is 2.70. The second-order valence-corrected chi connectivity index (χ2v) is 4.34. The maximum absolute atomic E-state index is 11.6. The lowest BCUT2D eigenvalue weighted by Crippen LogP contribution is -2.15. The lowest BCUT2D eigenvalue weighted by molar-refractivity contribution is -0.147. The molecule has 0 fully saturated rings. The Labute approximate surface area is 114 Å². The van der Waals surface area contributed by atoms with Gasteiger partial charge in [-0.1, -0.05) is 19.1 Å². The number of esters is 1. The molecule has 0 aliphatic rings. The lowest BCUT2D eigenvalue weighted by Gasteiger charge is -2.14. The molecule has 0 aliphatic carbocycles. The second kappa shape index (κ2) is 7.67. The third-order valence-corrected chi connectivity index (χ3v) is 3.02. The third kappa shape index (κ3) is 4.16. The monoisotopic (exact) mass is 266 g/mol. The molecule has 1 aromatic rings. The molecule has 0 unspecified atom stereocenters. The summed E-state index contributed by atoms with van der Waals surface area (Å²) in [7, 11) is 3.24. The van der Waals surface area contributed by atoms with Crippen molar-refractivity contribution in [1.29, 1.82) is 0 Å². The summed E-state index contributed by atoms with van der Waals surface area (Å²) in [5, 5.41) is 0. The van der Waals surface area contributed by atoms with E-state index in [4.69, 9.17) is 14.2 Å². The number of ether oxygens (including phenoxy) is 3. The van der Waals surface area contributed by atoms with Crippen LogP contribution in [0.4, 0.5) is 0 Å². The number of methoxy groups -OCH3 is 2. The molecule has 0 saturated heterocycles. The molecule has 0 radical (unpaired) electrons. The molecule has 19 heavy (non-hydrogen) atoms. The Morgan fingerprint density at radius 3 is 2.58 bits per heavy atom. The second-order valence-electron chi connectivity index (χ2n) is 4.34. The number of rotatable bonds is 7. The average molecular weight is 266 g/mol. The molecular formula is C15H22O4. The molecule has 106 valence electrons. The van der Waals surface area contributed by atoms with Crippen LogP contribution in [0.25, 0.3) is 0 Å². The molecule has 4 nitrogen and oxygen atoms in total. The summed E-state index contributed by atoms with van der Waals surface area (Å²) in [4.78, 5) is 11.6. The molecule has 1 atom stereocenters. The molecule has 1 aromatic carbocycles. The van der Waals surface area contributed by atoms with E-state index in [-0.39, 0.29) is 11.9 Å². The van der Waals surface area contributed by atoms with Crippen molar-refractivity contribution in [2.24, 2.45) is 5.92 Å². The summed E-state index contributed by atoms with van der Waals surface area (Å²) < 4.78 is 15.6. The van der Waals surface area contributed by atoms with Crippen LogP contribution in [0.5, 0.6) is 11.5 Å². The van der Waals surface area contributed by atoms with Gasteiger partial charge in [0.05, 0.1) is 26.7 Å². The minimum Gasteiger partial charge on any atom is -0.493 e. The smallest absolute Gasteiger partial charge is 0.308 e. The van der Waals surface area contributed by atoms with E-state index in [0.717, 1.165) is 24.2 Å². The molecule has 0 aliphatic heterocycles. The molecule has 0 spiro atoms. The van der Waals surface area contributed by atoms with Crippen LogP contribution >= 0.6 is 0 Å². The fraction of sp³-hybridized carbons (Fsp3) is 0.533. The van der Waals surface area contributed by atoms with Crippen LogP contribution in [0.3, 0.4) is 0 Å². The highest BCUT2D eigenvalue weighted by Gasteiger charge is 2.16. The van der Waals surface area contributed by atoms with Crippen LogP contribution in [0.15, 0.2) is 18.2 Å². The minimum atomic E-state index is -0.149. The highest BCUT2D eigenvalue weighted by atomic mass is 16.5. The minimum absolute atomic E-state index is 0.115. The summed E-state index contributed by atoms with van der Waals surface area (Å²) in [6.07, 6.45) is 1.47. The molecule has 0 N–H and O–H groups in total. The van der Waals surface area contributed by atoms with Crippen molar-refractivity contribution >= 4 is 5.97 Å². The van der Waals surface area contributed by atoms with Crippen LogP contribution in [0, 0.1) is 5.92 Å². The fourth-order valence-electron chi connectivity index (χ4n) is 1.92. The van der Waals surface area contributed by atoms with Crippen LogP contribution in [0.2, 0.25) is 0 Å². The SMILES string of the molecule is CCOC(=O)[C@@H](C)CCc1cccc(OC)c1OC. The predicted octanol–water partition coefficient (Wildman–Crippen LogP) is 2.84. The summed E-state index contributed by atoms with van der Waals surface area (Å²) in [5.41, 5.74) is 1.04. The van der Waals surface area contributed by atoms with Crippen molar-refractivity contribution in [3.8, 4) is 11.5 Å². The Kier molecular flexibility index (Phi) is 6.19. The van der Waals surface area contributed by atoms with E-state index in [9.17, 15) is 4.79 Å². The van der Waals surface area contributed by atoms with Gasteiger partial charge in [0.25, 0.3) is 0 Å². The molecule has 1 rings (SSSR count). The Hall–Kier alpha value is -1.71. The standard InChI is InChI=1S/C15H22O4/c1-5-19-15(16)11(2)9-10-12-7-6-8-13(17-3)14(12)18-4/h6-8,11H,5,9-10H2,1-4H3/t11-/m0/s1. The normalized spacial score (nSPS) is 11.8. The van der Waals surface area contributed by atoms with Gasteiger partial charge in [0.1, 0.15) is 0 Å². The lowest BCUT2D eigenvalue weighted by atomic mass is 10.0. The van der Waals surface area contributed by atoms with Crippen LogP contribution in [-0.2, 0) is 16.0 Å². The number of aryl methyl sites for hydroxylation is 1. The first kappa shape index (κ1) is 15.3. The van der Waals surface area contributed by atoms with Gasteiger partial charge in [-0.05, 0) is 31.4 Å². The number of benzene rings is 1. The van der Waals surface area contributed by atoms with E-state index < -0.39 is 0 Å². The number of hydrogen-bond donors (Lipinski definition) is 0. The number of hydrogen-bond acceptors (Lipinski definition) is 4. The summed E-state index contributed by atoms with van der Waals surface area (Å²) in [5.74, 6) is 1.19. The van der Waals surface area contributed by atoms with Crippen LogP contribution < -0.4 is 9.47 Å². The molecule has 0 heterocycles. The van der Waals surface area contributed by atoms with Gasteiger partial charge in [0.15, 0.2) is 11.5 Å². The van der Waals surface area contributed by atoms with E-state index in [2.05, 4.69) is 0 Å². The topological polar surface area (TPSA) is 44.8 Å². The van der Waals surface area contributed by atoms with Gasteiger partial charge in [-0.15, -0.1) is 0 Å². The van der Waals surface area contributed by atoms with Crippen molar-refractivity contribution in [2.45, 2.75) is 26.7 Å². The van der Waals surface area contributed by atoms with Gasteiger partial charge in [-0.25, -0.2) is 0 Å². The van der Waals surface area contributed by atoms with Gasteiger partial charge >= 0.3 is 5.97 Å². The van der Waals surface area contributed by atoms with E-state index >= 15 is 0 Å². The van der Waals surface area contributed by atoms with Crippen LogP contribution in [-0.4, -0.2) is 26.8 Å². The maximum Gasteiger partial charge on any atom is 0.308 e. The Bertz CT molecular complexity index is 415. The summed E-state index contributed by atoms with van der Waals surface area (Å²) in [6, 6.07) is 5.77.